The van der Waals surface area contributed by atoms with E-state index in [0.29, 0.717) is 17.4 Å². The lowest BCUT2D eigenvalue weighted by Gasteiger charge is -2.40. The lowest BCUT2D eigenvalue weighted by atomic mass is 9.71. The van der Waals surface area contributed by atoms with Crippen LogP contribution in [0.1, 0.15) is 53.4 Å². The van der Waals surface area contributed by atoms with Crippen molar-refractivity contribution in [2.24, 2.45) is 23.2 Å². The molecule has 3 heteroatoms. The second kappa shape index (κ2) is 5.43. The number of nitrogens with zero attached hydrogens (tertiary/aromatic N) is 1. The number of carboxylic acid groups (broad SMARTS) is 1. The van der Waals surface area contributed by atoms with Gasteiger partial charge in [0.1, 0.15) is 0 Å². The van der Waals surface area contributed by atoms with Gasteiger partial charge in [0, 0.05) is 19.1 Å². The van der Waals surface area contributed by atoms with E-state index in [1.54, 1.807) is 0 Å². The Labute approximate surface area is 117 Å². The fourth-order valence-corrected chi connectivity index (χ4v) is 3.93. The highest BCUT2D eigenvalue weighted by Gasteiger charge is 2.39. The summed E-state index contributed by atoms with van der Waals surface area (Å²) in [6.45, 7) is 10.9. The van der Waals surface area contributed by atoms with Gasteiger partial charge in [-0.15, -0.1) is 0 Å². The summed E-state index contributed by atoms with van der Waals surface area (Å²) in [5.41, 5.74) is 0.423. The number of carboxylic acids is 1. The molecule has 19 heavy (non-hydrogen) atoms. The zero-order chi connectivity index (χ0) is 14.2. The summed E-state index contributed by atoms with van der Waals surface area (Å²) in [5, 5.41) is 9.22. The summed E-state index contributed by atoms with van der Waals surface area (Å²) in [6.07, 6.45) is 5.11. The number of hydrogen-bond donors (Lipinski definition) is 1. The molecule has 0 spiro atoms. The van der Waals surface area contributed by atoms with Crippen molar-refractivity contribution in [2.45, 2.75) is 59.4 Å². The van der Waals surface area contributed by atoms with Crippen LogP contribution >= 0.6 is 0 Å². The molecule has 0 radical (unpaired) electrons. The smallest absolute Gasteiger partial charge is 0.308 e. The maximum atomic E-state index is 11.2. The molecule has 0 aromatic carbocycles. The van der Waals surface area contributed by atoms with Gasteiger partial charge in [0.25, 0.3) is 0 Å². The summed E-state index contributed by atoms with van der Waals surface area (Å²) in [7, 11) is 0. The van der Waals surface area contributed by atoms with E-state index in [-0.39, 0.29) is 5.92 Å². The molecule has 1 saturated carbocycles. The molecule has 2 unspecified atom stereocenters. The average molecular weight is 267 g/mol. The lowest BCUT2D eigenvalue weighted by Crippen LogP contribution is -2.39. The summed E-state index contributed by atoms with van der Waals surface area (Å²) >= 11 is 0. The van der Waals surface area contributed by atoms with Gasteiger partial charge in [-0.05, 0) is 42.9 Å². The highest BCUT2D eigenvalue weighted by atomic mass is 16.4. The van der Waals surface area contributed by atoms with E-state index < -0.39 is 5.97 Å². The van der Waals surface area contributed by atoms with E-state index in [1.807, 2.05) is 0 Å². The number of carbonyl (C=O) groups is 1. The third-order valence-corrected chi connectivity index (χ3v) is 5.40. The number of rotatable bonds is 2. The molecule has 3 nitrogen and oxygen atoms in total. The maximum Gasteiger partial charge on any atom is 0.308 e. The minimum absolute atomic E-state index is 0.152. The topological polar surface area (TPSA) is 40.5 Å². The summed E-state index contributed by atoms with van der Waals surface area (Å²) in [4.78, 5) is 13.6. The lowest BCUT2D eigenvalue weighted by molar-refractivity contribution is -0.142. The SMILES string of the molecule is CC1CN(C2CCC(C(C)(C)C)CC2)CC1C(=O)O. The normalized spacial score (nSPS) is 37.5. The zero-order valence-corrected chi connectivity index (χ0v) is 12.9. The first-order valence-corrected chi connectivity index (χ1v) is 7.76. The Morgan fingerprint density at radius 1 is 1.11 bits per heavy atom. The predicted molar refractivity (Wildman–Crippen MR) is 77.1 cm³/mol. The summed E-state index contributed by atoms with van der Waals surface area (Å²) in [5.74, 6) is 0.371. The standard InChI is InChI=1S/C16H29NO2/c1-11-9-17(10-14(11)15(18)19)13-7-5-12(6-8-13)16(2,3)4/h11-14H,5-10H2,1-4H3,(H,18,19). The van der Waals surface area contributed by atoms with Gasteiger partial charge in [-0.3, -0.25) is 9.69 Å². The molecule has 1 aliphatic heterocycles. The minimum atomic E-state index is -0.613. The molecule has 1 aliphatic carbocycles. The van der Waals surface area contributed by atoms with Gasteiger partial charge in [0.2, 0.25) is 0 Å². The van der Waals surface area contributed by atoms with Crippen molar-refractivity contribution in [1.29, 1.82) is 0 Å². The van der Waals surface area contributed by atoms with Gasteiger partial charge in [-0.25, -0.2) is 0 Å². The molecule has 1 heterocycles. The van der Waals surface area contributed by atoms with Crippen LogP contribution in [0.4, 0.5) is 0 Å². The summed E-state index contributed by atoms with van der Waals surface area (Å²) in [6, 6.07) is 0.630. The molecule has 0 aromatic rings. The first-order valence-electron chi connectivity index (χ1n) is 7.76. The van der Waals surface area contributed by atoms with E-state index in [9.17, 15) is 9.90 Å². The van der Waals surface area contributed by atoms with Crippen LogP contribution in [0.15, 0.2) is 0 Å². The van der Waals surface area contributed by atoms with Crippen LogP contribution in [0.3, 0.4) is 0 Å². The van der Waals surface area contributed by atoms with E-state index in [1.165, 1.54) is 25.7 Å². The molecule has 1 saturated heterocycles. The Balaban J connectivity index is 1.88. The van der Waals surface area contributed by atoms with E-state index in [2.05, 4.69) is 32.6 Å². The van der Waals surface area contributed by atoms with Crippen LogP contribution in [0.2, 0.25) is 0 Å². The van der Waals surface area contributed by atoms with Gasteiger partial charge < -0.3 is 5.11 Å². The third-order valence-electron chi connectivity index (χ3n) is 5.40. The molecule has 2 aliphatic rings. The first-order chi connectivity index (χ1) is 8.79. The Kier molecular flexibility index (Phi) is 4.24. The summed E-state index contributed by atoms with van der Waals surface area (Å²) < 4.78 is 0. The molecule has 2 fully saturated rings. The van der Waals surface area contributed by atoms with E-state index in [0.717, 1.165) is 19.0 Å². The van der Waals surface area contributed by atoms with Crippen molar-refractivity contribution in [2.75, 3.05) is 13.1 Å². The van der Waals surface area contributed by atoms with E-state index >= 15 is 0 Å². The second-order valence-corrected chi connectivity index (χ2v) is 7.75. The largest absolute Gasteiger partial charge is 0.481 e. The number of likely N-dealkylation sites (tertiary alicyclic amines) is 1. The van der Waals surface area contributed by atoms with Crippen molar-refractivity contribution in [3.05, 3.63) is 0 Å². The highest BCUT2D eigenvalue weighted by molar-refractivity contribution is 5.71. The zero-order valence-electron chi connectivity index (χ0n) is 12.9. The van der Waals surface area contributed by atoms with Crippen molar-refractivity contribution in [3.8, 4) is 0 Å². The molecule has 0 amide bonds. The van der Waals surface area contributed by atoms with Crippen molar-refractivity contribution in [1.82, 2.24) is 4.90 Å². The van der Waals surface area contributed by atoms with Crippen LogP contribution in [0, 0.1) is 23.2 Å². The quantitative estimate of drug-likeness (QED) is 0.835. The Bertz CT molecular complexity index is 326. The van der Waals surface area contributed by atoms with Crippen LogP contribution in [-0.4, -0.2) is 35.1 Å². The molecule has 1 N–H and O–H groups in total. The van der Waals surface area contributed by atoms with Crippen molar-refractivity contribution in [3.63, 3.8) is 0 Å². The number of hydrogen-bond acceptors (Lipinski definition) is 2. The molecule has 2 rings (SSSR count). The molecule has 0 aromatic heterocycles. The monoisotopic (exact) mass is 267 g/mol. The molecule has 110 valence electrons. The Morgan fingerprint density at radius 2 is 1.68 bits per heavy atom. The van der Waals surface area contributed by atoms with Gasteiger partial charge in [0.15, 0.2) is 0 Å². The van der Waals surface area contributed by atoms with Crippen LogP contribution in [0.5, 0.6) is 0 Å². The third kappa shape index (κ3) is 3.31. The maximum absolute atomic E-state index is 11.2. The van der Waals surface area contributed by atoms with Gasteiger partial charge in [-0.2, -0.15) is 0 Å². The van der Waals surface area contributed by atoms with Gasteiger partial charge in [-0.1, -0.05) is 27.7 Å². The van der Waals surface area contributed by atoms with E-state index in [4.69, 9.17) is 0 Å². The average Bonchev–Trinajstić information content (AvgIpc) is 2.70. The fraction of sp³-hybridized carbons (Fsp3) is 0.938. The van der Waals surface area contributed by atoms with Crippen LogP contribution < -0.4 is 0 Å². The van der Waals surface area contributed by atoms with Crippen molar-refractivity contribution < 1.29 is 9.90 Å². The molecular weight excluding hydrogens is 238 g/mol. The molecule has 0 bridgehead atoms. The Hall–Kier alpha value is -0.570. The Morgan fingerprint density at radius 3 is 2.11 bits per heavy atom. The molecular formula is C16H29NO2. The van der Waals surface area contributed by atoms with Crippen molar-refractivity contribution >= 4 is 5.97 Å². The molecule has 2 atom stereocenters. The highest BCUT2D eigenvalue weighted by Crippen LogP contribution is 2.40. The first kappa shape index (κ1) is 14.8. The minimum Gasteiger partial charge on any atom is -0.481 e. The predicted octanol–water partition coefficient (Wildman–Crippen LogP) is 3.24. The fourth-order valence-electron chi connectivity index (χ4n) is 3.93. The number of aliphatic carboxylic acids is 1. The van der Waals surface area contributed by atoms with Gasteiger partial charge >= 0.3 is 5.97 Å². The van der Waals surface area contributed by atoms with Crippen LogP contribution in [0.25, 0.3) is 0 Å². The van der Waals surface area contributed by atoms with Gasteiger partial charge in [0.05, 0.1) is 5.92 Å². The van der Waals surface area contributed by atoms with Crippen LogP contribution in [-0.2, 0) is 4.79 Å². The second-order valence-electron chi connectivity index (χ2n) is 7.75.